The van der Waals surface area contributed by atoms with Crippen molar-refractivity contribution in [2.75, 3.05) is 26.3 Å². The average Bonchev–Trinajstić information content (AvgIpc) is 3.11. The summed E-state index contributed by atoms with van der Waals surface area (Å²) in [5, 5.41) is 2.05. The minimum Gasteiger partial charge on any atom is -0.379 e. The van der Waals surface area contributed by atoms with Gasteiger partial charge in [0.05, 0.1) is 35.5 Å². The van der Waals surface area contributed by atoms with Crippen molar-refractivity contribution < 1.29 is 4.74 Å². The number of thiazole rings is 1. The van der Waals surface area contributed by atoms with Crippen molar-refractivity contribution in [2.45, 2.75) is 15.9 Å². The summed E-state index contributed by atoms with van der Waals surface area (Å²) in [6.45, 7) is 4.16. The van der Waals surface area contributed by atoms with E-state index in [-0.39, 0.29) is 0 Å². The summed E-state index contributed by atoms with van der Waals surface area (Å²) < 4.78 is 7.66. The van der Waals surface area contributed by atoms with E-state index in [1.54, 1.807) is 23.1 Å². The Morgan fingerprint density at radius 2 is 1.70 bits per heavy atom. The number of benzene rings is 2. The molecule has 0 radical (unpaired) electrons. The maximum absolute atomic E-state index is 5.45. The second-order valence-corrected chi connectivity index (χ2v) is 8.67. The Morgan fingerprint density at radius 3 is 2.56 bits per heavy atom. The molecule has 0 amide bonds. The van der Waals surface area contributed by atoms with Crippen LogP contribution in [0.25, 0.3) is 21.1 Å². The van der Waals surface area contributed by atoms with Gasteiger partial charge in [-0.05, 0) is 30.0 Å². The molecular weight excluding hydrogens is 376 g/mol. The largest absolute Gasteiger partial charge is 0.379 e. The molecule has 0 N–H and O–H groups in total. The SMILES string of the molecule is c1ccc2sc(Sc3nc(CN4CCOCC4)nc4ccccc34)nc2c1. The summed E-state index contributed by atoms with van der Waals surface area (Å²) in [5.41, 5.74) is 2.02. The number of rotatable bonds is 4. The monoisotopic (exact) mass is 394 g/mol. The van der Waals surface area contributed by atoms with Crippen LogP contribution in [-0.4, -0.2) is 46.2 Å². The molecule has 0 unspecified atom stereocenters. The van der Waals surface area contributed by atoms with Gasteiger partial charge in [0.1, 0.15) is 10.9 Å². The van der Waals surface area contributed by atoms with Crippen molar-refractivity contribution in [3.05, 3.63) is 54.4 Å². The van der Waals surface area contributed by atoms with Crippen molar-refractivity contribution >= 4 is 44.2 Å². The lowest BCUT2D eigenvalue weighted by Gasteiger charge is -2.25. The van der Waals surface area contributed by atoms with Gasteiger partial charge in [-0.25, -0.2) is 15.0 Å². The molecule has 0 aliphatic carbocycles. The van der Waals surface area contributed by atoms with Gasteiger partial charge in [-0.3, -0.25) is 4.90 Å². The zero-order valence-electron chi connectivity index (χ0n) is 14.7. The van der Waals surface area contributed by atoms with E-state index in [1.807, 2.05) is 18.2 Å². The van der Waals surface area contributed by atoms with Crippen LogP contribution in [0.1, 0.15) is 5.82 Å². The lowest BCUT2D eigenvalue weighted by atomic mass is 10.2. The van der Waals surface area contributed by atoms with Crippen molar-refractivity contribution in [1.29, 1.82) is 0 Å². The molecule has 2 aromatic heterocycles. The summed E-state index contributed by atoms with van der Waals surface area (Å²) in [5.74, 6) is 0.860. The number of morpholine rings is 1. The normalized spacial score (nSPS) is 15.6. The first kappa shape index (κ1) is 17.1. The minimum atomic E-state index is 0.752. The van der Waals surface area contributed by atoms with E-state index in [1.165, 1.54) is 4.70 Å². The molecule has 1 saturated heterocycles. The van der Waals surface area contributed by atoms with Crippen LogP contribution in [0.15, 0.2) is 57.9 Å². The predicted molar refractivity (Wildman–Crippen MR) is 109 cm³/mol. The van der Waals surface area contributed by atoms with Gasteiger partial charge in [-0.1, -0.05) is 30.3 Å². The fraction of sp³-hybridized carbons (Fsp3) is 0.250. The minimum absolute atomic E-state index is 0.752. The van der Waals surface area contributed by atoms with Gasteiger partial charge in [0, 0.05) is 18.5 Å². The van der Waals surface area contributed by atoms with Crippen molar-refractivity contribution in [1.82, 2.24) is 19.9 Å². The van der Waals surface area contributed by atoms with E-state index >= 15 is 0 Å². The van der Waals surface area contributed by atoms with E-state index in [2.05, 4.69) is 35.2 Å². The molecule has 0 saturated carbocycles. The molecule has 0 atom stereocenters. The molecular formula is C20H18N4OS2. The van der Waals surface area contributed by atoms with Crippen molar-refractivity contribution in [2.24, 2.45) is 0 Å². The third-order valence-corrected chi connectivity index (χ3v) is 6.64. The van der Waals surface area contributed by atoms with E-state index in [0.717, 1.165) is 64.5 Å². The van der Waals surface area contributed by atoms with E-state index in [9.17, 15) is 0 Å². The van der Waals surface area contributed by atoms with E-state index in [4.69, 9.17) is 19.7 Å². The summed E-state index contributed by atoms with van der Waals surface area (Å²) in [4.78, 5) is 16.8. The van der Waals surface area contributed by atoms with Gasteiger partial charge >= 0.3 is 0 Å². The summed E-state index contributed by atoms with van der Waals surface area (Å²) in [6.07, 6.45) is 0. The highest BCUT2D eigenvalue weighted by Gasteiger charge is 2.16. The highest BCUT2D eigenvalue weighted by molar-refractivity contribution is 8.01. The van der Waals surface area contributed by atoms with E-state index < -0.39 is 0 Å². The molecule has 3 heterocycles. The Balaban J connectivity index is 1.51. The van der Waals surface area contributed by atoms with Gasteiger partial charge in [-0.2, -0.15) is 0 Å². The van der Waals surface area contributed by atoms with Gasteiger partial charge in [0.2, 0.25) is 0 Å². The third-order valence-electron chi connectivity index (χ3n) is 4.54. The highest BCUT2D eigenvalue weighted by atomic mass is 32.2. The van der Waals surface area contributed by atoms with Crippen LogP contribution in [0.5, 0.6) is 0 Å². The van der Waals surface area contributed by atoms with Gasteiger partial charge in [-0.15, -0.1) is 11.3 Å². The van der Waals surface area contributed by atoms with Gasteiger partial charge in [0.15, 0.2) is 4.34 Å². The molecule has 4 aromatic rings. The van der Waals surface area contributed by atoms with Gasteiger partial charge < -0.3 is 4.74 Å². The standard InChI is InChI=1S/C20H18N4OS2/c1-2-6-15-14(5-1)19(23-18(21-15)13-24-9-11-25-12-10-24)27-20-22-16-7-3-4-8-17(16)26-20/h1-8H,9-13H2. The molecule has 5 nitrogen and oxygen atoms in total. The molecule has 0 spiro atoms. The summed E-state index contributed by atoms with van der Waals surface area (Å²) in [6, 6.07) is 16.4. The van der Waals surface area contributed by atoms with Crippen LogP contribution in [0.4, 0.5) is 0 Å². The van der Waals surface area contributed by atoms with Crippen molar-refractivity contribution in [3.8, 4) is 0 Å². The first-order valence-corrected chi connectivity index (χ1v) is 10.6. The molecule has 5 rings (SSSR count). The summed E-state index contributed by atoms with van der Waals surface area (Å²) in [7, 11) is 0. The third kappa shape index (κ3) is 3.68. The van der Waals surface area contributed by atoms with Crippen molar-refractivity contribution in [3.63, 3.8) is 0 Å². The molecule has 2 aromatic carbocycles. The Hall–Kier alpha value is -2.06. The second kappa shape index (κ2) is 7.52. The number of ether oxygens (including phenoxy) is 1. The van der Waals surface area contributed by atoms with Crippen LogP contribution in [0, 0.1) is 0 Å². The fourth-order valence-corrected chi connectivity index (χ4v) is 5.29. The molecule has 1 aliphatic rings. The van der Waals surface area contributed by atoms with Crippen LogP contribution in [-0.2, 0) is 11.3 Å². The number of hydrogen-bond acceptors (Lipinski definition) is 7. The lowest BCUT2D eigenvalue weighted by molar-refractivity contribution is 0.0330. The number of hydrogen-bond donors (Lipinski definition) is 0. The first-order valence-electron chi connectivity index (χ1n) is 8.94. The van der Waals surface area contributed by atoms with Crippen LogP contribution in [0.2, 0.25) is 0 Å². The predicted octanol–water partition coefficient (Wildman–Crippen LogP) is 4.22. The van der Waals surface area contributed by atoms with Crippen LogP contribution >= 0.6 is 23.1 Å². The zero-order valence-corrected chi connectivity index (χ0v) is 16.3. The quantitative estimate of drug-likeness (QED) is 0.483. The lowest BCUT2D eigenvalue weighted by Crippen LogP contribution is -2.36. The topological polar surface area (TPSA) is 51.1 Å². The molecule has 0 bridgehead atoms. The number of para-hydroxylation sites is 2. The fourth-order valence-electron chi connectivity index (χ4n) is 3.18. The highest BCUT2D eigenvalue weighted by Crippen LogP contribution is 2.36. The molecule has 27 heavy (non-hydrogen) atoms. The molecule has 1 aliphatic heterocycles. The average molecular weight is 395 g/mol. The zero-order chi connectivity index (χ0) is 18.1. The van der Waals surface area contributed by atoms with Crippen LogP contribution in [0.3, 0.4) is 0 Å². The smallest absolute Gasteiger partial charge is 0.157 e. The second-order valence-electron chi connectivity index (χ2n) is 6.40. The molecule has 136 valence electrons. The van der Waals surface area contributed by atoms with Crippen LogP contribution < -0.4 is 0 Å². The molecule has 7 heteroatoms. The summed E-state index contributed by atoms with van der Waals surface area (Å²) >= 11 is 3.34. The van der Waals surface area contributed by atoms with E-state index in [0.29, 0.717) is 0 Å². The Labute approximate surface area is 165 Å². The Bertz CT molecular complexity index is 1060. The maximum atomic E-state index is 5.45. The number of fused-ring (bicyclic) bond motifs is 2. The maximum Gasteiger partial charge on any atom is 0.157 e. The first-order chi connectivity index (χ1) is 13.3. The van der Waals surface area contributed by atoms with Gasteiger partial charge in [0.25, 0.3) is 0 Å². The molecule has 1 fully saturated rings. The number of aromatic nitrogens is 3. The number of nitrogens with zero attached hydrogens (tertiary/aromatic N) is 4. The Kier molecular flexibility index (Phi) is 4.75. The Morgan fingerprint density at radius 1 is 0.926 bits per heavy atom.